The summed E-state index contributed by atoms with van der Waals surface area (Å²) in [5.74, 6) is 1.55. The van der Waals surface area contributed by atoms with Crippen molar-refractivity contribution in [3.8, 4) is 0 Å². The Morgan fingerprint density at radius 2 is 1.92 bits per heavy atom. The number of carbonyl (C=O) groups excluding carboxylic acids is 1. The van der Waals surface area contributed by atoms with Gasteiger partial charge in [-0.05, 0) is 43.1 Å². The molecule has 2 unspecified atom stereocenters. The molecule has 2 aliphatic rings. The monoisotopic (exact) mass is 362 g/mol. The van der Waals surface area contributed by atoms with Gasteiger partial charge in [-0.15, -0.1) is 0 Å². The van der Waals surface area contributed by atoms with Crippen LogP contribution in [-0.2, 0) is 9.84 Å². The maximum absolute atomic E-state index is 12.6. The third-order valence-electron chi connectivity index (χ3n) is 5.09. The van der Waals surface area contributed by atoms with Crippen molar-refractivity contribution in [1.29, 1.82) is 0 Å². The summed E-state index contributed by atoms with van der Waals surface area (Å²) in [5.41, 5.74) is 1.18. The van der Waals surface area contributed by atoms with Crippen molar-refractivity contribution in [2.45, 2.75) is 31.7 Å². The molecule has 1 aromatic rings. The van der Waals surface area contributed by atoms with E-state index < -0.39 is 9.84 Å². The molecule has 5 nitrogen and oxygen atoms in total. The number of sulfone groups is 1. The summed E-state index contributed by atoms with van der Waals surface area (Å²) in [6, 6.07) is 10.2. The Morgan fingerprint density at radius 1 is 1.20 bits per heavy atom. The van der Waals surface area contributed by atoms with Crippen molar-refractivity contribution in [2.24, 2.45) is 11.8 Å². The number of amides is 2. The largest absolute Gasteiger partial charge is 0.334 e. The van der Waals surface area contributed by atoms with Gasteiger partial charge in [0.1, 0.15) is 0 Å². The topological polar surface area (TPSA) is 66.5 Å². The predicted molar refractivity (Wildman–Crippen MR) is 98.7 cm³/mol. The van der Waals surface area contributed by atoms with Crippen LogP contribution in [0.5, 0.6) is 0 Å². The van der Waals surface area contributed by atoms with Crippen molar-refractivity contribution in [3.63, 3.8) is 0 Å². The molecule has 1 aromatic carbocycles. The van der Waals surface area contributed by atoms with E-state index in [4.69, 9.17) is 0 Å². The zero-order chi connectivity index (χ0) is 17.9. The van der Waals surface area contributed by atoms with Crippen LogP contribution in [0.3, 0.4) is 0 Å². The first-order valence-electron chi connectivity index (χ1n) is 8.90. The molecular formula is C19H26N2O3S. The molecule has 1 saturated carbocycles. The summed E-state index contributed by atoms with van der Waals surface area (Å²) in [4.78, 5) is 14.5. The first-order valence-corrected chi connectivity index (χ1v) is 10.9. The number of nitrogens with zero attached hydrogens (tertiary/aromatic N) is 1. The molecule has 2 fully saturated rings. The van der Waals surface area contributed by atoms with E-state index >= 15 is 0 Å². The Labute approximate surface area is 150 Å². The van der Waals surface area contributed by atoms with Crippen molar-refractivity contribution >= 4 is 15.9 Å². The zero-order valence-electron chi connectivity index (χ0n) is 14.6. The van der Waals surface area contributed by atoms with Gasteiger partial charge in [-0.25, -0.2) is 13.2 Å². The van der Waals surface area contributed by atoms with Crippen LogP contribution in [0.25, 0.3) is 0 Å². The van der Waals surface area contributed by atoms with Gasteiger partial charge in [0.25, 0.3) is 0 Å². The van der Waals surface area contributed by atoms with Crippen LogP contribution in [0, 0.1) is 11.8 Å². The number of nitrogens with one attached hydrogen (secondary N) is 1. The van der Waals surface area contributed by atoms with Gasteiger partial charge in [0.05, 0.1) is 6.04 Å². The molecule has 0 aromatic heterocycles. The SMILES string of the molecule is CS(=O)(=O)/C=C/CNC(=O)N1CCC(C2CC2)CC1c1ccccc1. The maximum atomic E-state index is 12.6. The second kappa shape index (κ2) is 7.60. The third-order valence-corrected chi connectivity index (χ3v) is 5.78. The Morgan fingerprint density at radius 3 is 2.56 bits per heavy atom. The number of hydrogen-bond donors (Lipinski definition) is 1. The van der Waals surface area contributed by atoms with Crippen LogP contribution in [0.4, 0.5) is 4.79 Å². The Bertz CT molecular complexity index is 726. The molecular weight excluding hydrogens is 336 g/mol. The fourth-order valence-electron chi connectivity index (χ4n) is 3.69. The zero-order valence-corrected chi connectivity index (χ0v) is 15.4. The van der Waals surface area contributed by atoms with E-state index in [0.29, 0.717) is 5.92 Å². The Kier molecular flexibility index (Phi) is 5.47. The van der Waals surface area contributed by atoms with Crippen LogP contribution in [-0.4, -0.2) is 38.7 Å². The first-order chi connectivity index (χ1) is 11.9. The van der Waals surface area contributed by atoms with Gasteiger partial charge in [-0.1, -0.05) is 36.4 Å². The molecule has 136 valence electrons. The second-order valence-corrected chi connectivity index (χ2v) is 9.06. The fraction of sp³-hybridized carbons (Fsp3) is 0.526. The number of carbonyl (C=O) groups is 1. The van der Waals surface area contributed by atoms with Crippen LogP contribution in [0.15, 0.2) is 41.8 Å². The van der Waals surface area contributed by atoms with E-state index in [2.05, 4.69) is 17.4 Å². The highest BCUT2D eigenvalue weighted by Crippen LogP contribution is 2.46. The van der Waals surface area contributed by atoms with Crippen LogP contribution in [0.1, 0.15) is 37.3 Å². The smallest absolute Gasteiger partial charge is 0.318 e. The highest BCUT2D eigenvalue weighted by atomic mass is 32.2. The number of piperidine rings is 1. The molecule has 1 saturated heterocycles. The Hall–Kier alpha value is -1.82. The standard InChI is InChI=1S/C19H26N2O3S/c1-25(23,24)13-5-11-20-19(22)21-12-10-17(15-8-9-15)14-18(21)16-6-3-2-4-7-16/h2-7,13,15,17-18H,8-12,14H2,1H3,(H,20,22)/b13-5+. The van der Waals surface area contributed by atoms with Crippen LogP contribution < -0.4 is 5.32 Å². The number of hydrogen-bond acceptors (Lipinski definition) is 3. The minimum Gasteiger partial charge on any atom is -0.334 e. The summed E-state index contributed by atoms with van der Waals surface area (Å²) in [6.45, 7) is 0.971. The van der Waals surface area contributed by atoms with E-state index in [1.807, 2.05) is 23.1 Å². The quantitative estimate of drug-likeness (QED) is 0.875. The summed E-state index contributed by atoms with van der Waals surface area (Å²) in [6.07, 6.45) is 7.34. The first kappa shape index (κ1) is 18.0. The number of likely N-dealkylation sites (tertiary alicyclic amines) is 1. The molecule has 3 rings (SSSR count). The summed E-state index contributed by atoms with van der Waals surface area (Å²) in [5, 5.41) is 3.95. The summed E-state index contributed by atoms with van der Waals surface area (Å²) < 4.78 is 22.2. The molecule has 25 heavy (non-hydrogen) atoms. The second-order valence-electron chi connectivity index (χ2n) is 7.13. The van der Waals surface area contributed by atoms with Crippen LogP contribution >= 0.6 is 0 Å². The highest BCUT2D eigenvalue weighted by molar-refractivity contribution is 7.93. The lowest BCUT2D eigenvalue weighted by atomic mass is 9.84. The minimum atomic E-state index is -3.16. The van der Waals surface area contributed by atoms with Crippen molar-refractivity contribution in [3.05, 3.63) is 47.4 Å². The number of urea groups is 1. The van der Waals surface area contributed by atoms with Crippen molar-refractivity contribution < 1.29 is 13.2 Å². The number of rotatable bonds is 5. The molecule has 0 bridgehead atoms. The molecule has 2 atom stereocenters. The lowest BCUT2D eigenvalue weighted by molar-refractivity contribution is 0.121. The number of benzene rings is 1. The molecule has 0 spiro atoms. The van der Waals surface area contributed by atoms with E-state index in [9.17, 15) is 13.2 Å². The van der Waals surface area contributed by atoms with E-state index in [0.717, 1.165) is 37.0 Å². The lowest BCUT2D eigenvalue weighted by Gasteiger charge is -2.40. The van der Waals surface area contributed by atoms with Crippen molar-refractivity contribution in [2.75, 3.05) is 19.3 Å². The van der Waals surface area contributed by atoms with Gasteiger partial charge < -0.3 is 10.2 Å². The molecule has 6 heteroatoms. The molecule has 1 aliphatic carbocycles. The van der Waals surface area contributed by atoms with Gasteiger partial charge in [0, 0.05) is 24.8 Å². The van der Waals surface area contributed by atoms with Gasteiger partial charge in [0.2, 0.25) is 0 Å². The maximum Gasteiger partial charge on any atom is 0.318 e. The minimum absolute atomic E-state index is 0.0967. The van der Waals surface area contributed by atoms with Gasteiger partial charge in [-0.2, -0.15) is 0 Å². The third kappa shape index (κ3) is 5.08. The van der Waals surface area contributed by atoms with E-state index in [1.54, 1.807) is 0 Å². The molecule has 0 radical (unpaired) electrons. The highest BCUT2D eigenvalue weighted by Gasteiger charge is 2.39. The lowest BCUT2D eigenvalue weighted by Crippen LogP contribution is -2.46. The summed E-state index contributed by atoms with van der Waals surface area (Å²) >= 11 is 0. The van der Waals surface area contributed by atoms with Gasteiger partial charge >= 0.3 is 6.03 Å². The van der Waals surface area contributed by atoms with Crippen LogP contribution in [0.2, 0.25) is 0 Å². The van der Waals surface area contributed by atoms with E-state index in [-0.39, 0.29) is 18.6 Å². The molecule has 1 heterocycles. The van der Waals surface area contributed by atoms with Gasteiger partial charge in [0.15, 0.2) is 9.84 Å². The molecule has 2 amide bonds. The normalized spacial score (nSPS) is 24.4. The Balaban J connectivity index is 1.67. The average molecular weight is 362 g/mol. The van der Waals surface area contributed by atoms with Crippen molar-refractivity contribution in [1.82, 2.24) is 10.2 Å². The molecule has 1 N–H and O–H groups in total. The van der Waals surface area contributed by atoms with E-state index in [1.165, 1.54) is 24.5 Å². The molecule has 1 aliphatic heterocycles. The fourth-order valence-corrected chi connectivity index (χ4v) is 4.14. The predicted octanol–water partition coefficient (Wildman–Crippen LogP) is 3.12. The average Bonchev–Trinajstić information content (AvgIpc) is 3.43. The van der Waals surface area contributed by atoms with Gasteiger partial charge in [-0.3, -0.25) is 0 Å². The summed E-state index contributed by atoms with van der Waals surface area (Å²) in [7, 11) is -3.16.